The Hall–Kier alpha value is -1.78. The smallest absolute Gasteiger partial charge is 0.255 e. The zero-order valence-corrected chi connectivity index (χ0v) is 15.4. The van der Waals surface area contributed by atoms with Crippen molar-refractivity contribution in [2.24, 2.45) is 5.73 Å². The van der Waals surface area contributed by atoms with Crippen molar-refractivity contribution in [1.29, 1.82) is 0 Å². The Kier molecular flexibility index (Phi) is 5.73. The molecule has 1 fully saturated rings. The molecule has 1 aromatic carbocycles. The SMILES string of the molecule is Cc1cccc(-n2c(C)cc(C(=O)N3CCCC3CN)c2C)c1.Cl. The number of aryl methyl sites for hydroxylation is 2. The fraction of sp³-hybridized carbons (Fsp3) is 0.421. The van der Waals surface area contributed by atoms with Crippen LogP contribution in [-0.4, -0.2) is 34.5 Å². The number of aromatic nitrogens is 1. The number of amides is 1. The van der Waals surface area contributed by atoms with E-state index in [1.54, 1.807) is 0 Å². The van der Waals surface area contributed by atoms with Crippen LogP contribution in [-0.2, 0) is 0 Å². The monoisotopic (exact) mass is 347 g/mol. The molecule has 0 bridgehead atoms. The molecule has 1 amide bonds. The van der Waals surface area contributed by atoms with Gasteiger partial charge in [0.05, 0.1) is 5.56 Å². The van der Waals surface area contributed by atoms with Crippen molar-refractivity contribution in [2.45, 2.75) is 39.7 Å². The molecule has 4 nitrogen and oxygen atoms in total. The highest BCUT2D eigenvalue weighted by Crippen LogP contribution is 2.25. The third-order valence-electron chi connectivity index (χ3n) is 4.83. The van der Waals surface area contributed by atoms with Crippen LogP contribution in [0.2, 0.25) is 0 Å². The summed E-state index contributed by atoms with van der Waals surface area (Å²) < 4.78 is 2.16. The molecule has 24 heavy (non-hydrogen) atoms. The Morgan fingerprint density at radius 2 is 2.00 bits per heavy atom. The zero-order valence-electron chi connectivity index (χ0n) is 14.6. The summed E-state index contributed by atoms with van der Waals surface area (Å²) in [5, 5.41) is 0. The number of rotatable bonds is 3. The van der Waals surface area contributed by atoms with Crippen molar-refractivity contribution in [3.05, 3.63) is 52.8 Å². The predicted molar refractivity (Wildman–Crippen MR) is 100 cm³/mol. The Bertz CT molecular complexity index is 738. The molecule has 5 heteroatoms. The summed E-state index contributed by atoms with van der Waals surface area (Å²) in [6.45, 7) is 7.52. The highest BCUT2D eigenvalue weighted by atomic mass is 35.5. The van der Waals surface area contributed by atoms with Crippen LogP contribution in [0.25, 0.3) is 5.69 Å². The number of carbonyl (C=O) groups excluding carboxylic acids is 1. The maximum absolute atomic E-state index is 13.0. The van der Waals surface area contributed by atoms with Crippen molar-refractivity contribution in [1.82, 2.24) is 9.47 Å². The van der Waals surface area contributed by atoms with Gasteiger partial charge in [-0.25, -0.2) is 0 Å². The summed E-state index contributed by atoms with van der Waals surface area (Å²) in [5.74, 6) is 0.116. The number of nitrogens with zero attached hydrogens (tertiary/aromatic N) is 2. The number of halogens is 1. The van der Waals surface area contributed by atoms with E-state index < -0.39 is 0 Å². The molecule has 130 valence electrons. The summed E-state index contributed by atoms with van der Waals surface area (Å²) >= 11 is 0. The number of likely N-dealkylation sites (tertiary alicyclic amines) is 1. The summed E-state index contributed by atoms with van der Waals surface area (Å²) in [7, 11) is 0. The highest BCUT2D eigenvalue weighted by Gasteiger charge is 2.30. The van der Waals surface area contributed by atoms with Crippen molar-refractivity contribution < 1.29 is 4.79 Å². The summed E-state index contributed by atoms with van der Waals surface area (Å²) in [5.41, 5.74) is 11.0. The first kappa shape index (κ1) is 18.6. The van der Waals surface area contributed by atoms with Crippen molar-refractivity contribution >= 4 is 18.3 Å². The number of hydrogen-bond donors (Lipinski definition) is 1. The fourth-order valence-corrected chi connectivity index (χ4v) is 3.65. The molecule has 0 saturated carbocycles. The fourth-order valence-electron chi connectivity index (χ4n) is 3.65. The molecule has 0 aliphatic carbocycles. The molecule has 0 spiro atoms. The van der Waals surface area contributed by atoms with Crippen LogP contribution >= 0.6 is 12.4 Å². The van der Waals surface area contributed by atoms with Crippen molar-refractivity contribution in [3.8, 4) is 5.69 Å². The number of benzene rings is 1. The maximum atomic E-state index is 13.0. The van der Waals surface area contributed by atoms with Crippen LogP contribution < -0.4 is 5.73 Å². The van der Waals surface area contributed by atoms with E-state index in [1.807, 2.05) is 17.9 Å². The van der Waals surface area contributed by atoms with Gasteiger partial charge in [0.25, 0.3) is 5.91 Å². The molecule has 2 N–H and O–H groups in total. The van der Waals surface area contributed by atoms with E-state index in [4.69, 9.17) is 5.73 Å². The lowest BCUT2D eigenvalue weighted by molar-refractivity contribution is 0.0740. The topological polar surface area (TPSA) is 51.3 Å². The summed E-state index contributed by atoms with van der Waals surface area (Å²) in [6, 6.07) is 10.6. The zero-order chi connectivity index (χ0) is 16.6. The van der Waals surface area contributed by atoms with Crippen molar-refractivity contribution in [3.63, 3.8) is 0 Å². The Morgan fingerprint density at radius 1 is 1.25 bits per heavy atom. The molecule has 2 aromatic rings. The lowest BCUT2D eigenvalue weighted by Crippen LogP contribution is -2.40. The first-order chi connectivity index (χ1) is 11.0. The van der Waals surface area contributed by atoms with E-state index in [0.717, 1.165) is 42.0 Å². The van der Waals surface area contributed by atoms with E-state index in [0.29, 0.717) is 6.54 Å². The molecule has 1 saturated heterocycles. The third kappa shape index (κ3) is 3.21. The van der Waals surface area contributed by atoms with Crippen LogP contribution in [0.3, 0.4) is 0 Å². The van der Waals surface area contributed by atoms with Gasteiger partial charge in [-0.3, -0.25) is 4.79 Å². The molecule has 1 atom stereocenters. The van der Waals surface area contributed by atoms with Gasteiger partial charge in [-0.2, -0.15) is 0 Å². The van der Waals surface area contributed by atoms with Gasteiger partial charge in [0.2, 0.25) is 0 Å². The summed E-state index contributed by atoms with van der Waals surface area (Å²) in [4.78, 5) is 14.9. The number of carbonyl (C=O) groups is 1. The van der Waals surface area contributed by atoms with E-state index in [1.165, 1.54) is 5.56 Å². The van der Waals surface area contributed by atoms with Gasteiger partial charge in [0, 0.05) is 36.2 Å². The van der Waals surface area contributed by atoms with Crippen LogP contribution in [0.4, 0.5) is 0 Å². The normalized spacial score (nSPS) is 17.0. The third-order valence-corrected chi connectivity index (χ3v) is 4.83. The van der Waals surface area contributed by atoms with Gasteiger partial charge >= 0.3 is 0 Å². The Labute approximate surface area is 150 Å². The van der Waals surface area contributed by atoms with Crippen LogP contribution in [0.1, 0.15) is 40.2 Å². The minimum absolute atomic E-state index is 0. The second kappa shape index (κ2) is 7.41. The standard InChI is InChI=1S/C19H25N3O.ClH/c1-13-6-4-7-16(10-13)22-14(2)11-18(15(22)3)19(23)21-9-5-8-17(21)12-20;/h4,6-7,10-11,17H,5,8-9,12,20H2,1-3H3;1H. The van der Waals surface area contributed by atoms with Crippen LogP contribution in [0.15, 0.2) is 30.3 Å². The second-order valence-electron chi connectivity index (χ2n) is 6.49. The van der Waals surface area contributed by atoms with Crippen LogP contribution in [0.5, 0.6) is 0 Å². The Balaban J connectivity index is 0.00000208. The van der Waals surface area contributed by atoms with E-state index in [9.17, 15) is 4.79 Å². The average molecular weight is 348 g/mol. The Morgan fingerprint density at radius 3 is 2.67 bits per heavy atom. The van der Waals surface area contributed by atoms with E-state index >= 15 is 0 Å². The molecule has 1 aliphatic heterocycles. The molecule has 1 aliphatic rings. The minimum atomic E-state index is 0. The number of hydrogen-bond acceptors (Lipinski definition) is 2. The molecule has 1 unspecified atom stereocenters. The van der Waals surface area contributed by atoms with Crippen molar-refractivity contribution in [2.75, 3.05) is 13.1 Å². The average Bonchev–Trinajstić information content (AvgIpc) is 3.11. The van der Waals surface area contributed by atoms with Gasteiger partial charge < -0.3 is 15.2 Å². The quantitative estimate of drug-likeness (QED) is 0.925. The molecule has 2 heterocycles. The van der Waals surface area contributed by atoms with E-state index in [2.05, 4.69) is 42.7 Å². The molecule has 1 aromatic heterocycles. The van der Waals surface area contributed by atoms with E-state index in [-0.39, 0.29) is 24.4 Å². The van der Waals surface area contributed by atoms with Gasteiger partial charge in [-0.1, -0.05) is 12.1 Å². The lowest BCUT2D eigenvalue weighted by Gasteiger charge is -2.23. The predicted octanol–water partition coefficient (Wildman–Crippen LogP) is 3.39. The second-order valence-corrected chi connectivity index (χ2v) is 6.49. The lowest BCUT2D eigenvalue weighted by atomic mass is 10.1. The minimum Gasteiger partial charge on any atom is -0.334 e. The van der Waals surface area contributed by atoms with Gasteiger partial charge in [-0.15, -0.1) is 12.4 Å². The largest absolute Gasteiger partial charge is 0.334 e. The highest BCUT2D eigenvalue weighted by molar-refractivity contribution is 5.96. The van der Waals surface area contributed by atoms with Crippen LogP contribution in [0, 0.1) is 20.8 Å². The molecule has 0 radical (unpaired) electrons. The first-order valence-corrected chi connectivity index (χ1v) is 8.30. The van der Waals surface area contributed by atoms with Gasteiger partial charge in [-0.05, 0) is 57.4 Å². The maximum Gasteiger partial charge on any atom is 0.255 e. The molecule has 3 rings (SSSR count). The summed E-state index contributed by atoms with van der Waals surface area (Å²) in [6.07, 6.45) is 2.06. The number of nitrogens with two attached hydrogens (primary N) is 1. The molecular formula is C19H26ClN3O. The molecular weight excluding hydrogens is 322 g/mol. The first-order valence-electron chi connectivity index (χ1n) is 8.30. The van der Waals surface area contributed by atoms with Gasteiger partial charge in [0.15, 0.2) is 0 Å². The van der Waals surface area contributed by atoms with Gasteiger partial charge in [0.1, 0.15) is 0 Å².